The molecule has 1 atom stereocenters. The Bertz CT molecular complexity index is 471. The van der Waals surface area contributed by atoms with E-state index in [-0.39, 0.29) is 17.5 Å². The highest BCUT2D eigenvalue weighted by Crippen LogP contribution is 2.20. The van der Waals surface area contributed by atoms with E-state index in [9.17, 15) is 8.42 Å². The molecule has 0 radical (unpaired) electrons. The monoisotopic (exact) mass is 303 g/mol. The first-order valence-corrected chi connectivity index (χ1v) is 8.87. The molecule has 5 heteroatoms. The topological polar surface area (TPSA) is 46.2 Å². The summed E-state index contributed by atoms with van der Waals surface area (Å²) in [5.41, 5.74) is 1.15. The Kier molecular flexibility index (Phi) is 6.83. The summed E-state index contributed by atoms with van der Waals surface area (Å²) in [5.74, 6) is 0.394. The van der Waals surface area contributed by atoms with Crippen LogP contribution in [-0.4, -0.2) is 26.5 Å². The van der Waals surface area contributed by atoms with Gasteiger partial charge in [-0.05, 0) is 24.1 Å². The van der Waals surface area contributed by atoms with E-state index in [4.69, 9.17) is 11.6 Å². The molecule has 19 heavy (non-hydrogen) atoms. The van der Waals surface area contributed by atoms with Crippen molar-refractivity contribution < 1.29 is 8.42 Å². The summed E-state index contributed by atoms with van der Waals surface area (Å²) < 4.78 is 22.9. The SMILES string of the molecule is CCCC(NCCS(=O)(=O)CC)c1ccc(Cl)cc1. The predicted molar refractivity (Wildman–Crippen MR) is 81.4 cm³/mol. The number of halogens is 1. The van der Waals surface area contributed by atoms with Gasteiger partial charge in [-0.25, -0.2) is 8.42 Å². The lowest BCUT2D eigenvalue weighted by molar-refractivity contribution is 0.506. The first kappa shape index (κ1) is 16.5. The van der Waals surface area contributed by atoms with Crippen molar-refractivity contribution in [3.05, 3.63) is 34.9 Å². The average Bonchev–Trinajstić information content (AvgIpc) is 2.39. The summed E-state index contributed by atoms with van der Waals surface area (Å²) >= 11 is 5.88. The van der Waals surface area contributed by atoms with Crippen molar-refractivity contribution in [3.8, 4) is 0 Å². The Morgan fingerprint density at radius 1 is 1.21 bits per heavy atom. The maximum absolute atomic E-state index is 11.5. The lowest BCUT2D eigenvalue weighted by Gasteiger charge is -2.18. The van der Waals surface area contributed by atoms with Crippen molar-refractivity contribution in [1.82, 2.24) is 5.32 Å². The number of sulfone groups is 1. The molecular weight excluding hydrogens is 282 g/mol. The molecule has 0 aromatic heterocycles. The molecule has 1 unspecified atom stereocenters. The van der Waals surface area contributed by atoms with Crippen LogP contribution in [0.4, 0.5) is 0 Å². The third-order valence-electron chi connectivity index (χ3n) is 3.09. The fourth-order valence-electron chi connectivity index (χ4n) is 1.90. The normalized spacial score (nSPS) is 13.4. The van der Waals surface area contributed by atoms with Crippen LogP contribution in [-0.2, 0) is 9.84 Å². The zero-order valence-electron chi connectivity index (χ0n) is 11.5. The van der Waals surface area contributed by atoms with Gasteiger partial charge in [-0.2, -0.15) is 0 Å². The molecule has 1 aromatic carbocycles. The third kappa shape index (κ3) is 5.93. The van der Waals surface area contributed by atoms with Crippen LogP contribution in [0, 0.1) is 0 Å². The molecule has 3 nitrogen and oxygen atoms in total. The minimum absolute atomic E-state index is 0.189. The molecule has 0 heterocycles. The Labute approximate surface area is 121 Å². The van der Waals surface area contributed by atoms with Crippen molar-refractivity contribution in [2.75, 3.05) is 18.1 Å². The molecule has 0 aliphatic heterocycles. The highest BCUT2D eigenvalue weighted by molar-refractivity contribution is 7.91. The van der Waals surface area contributed by atoms with E-state index in [2.05, 4.69) is 12.2 Å². The van der Waals surface area contributed by atoms with Crippen LogP contribution >= 0.6 is 11.6 Å². The van der Waals surface area contributed by atoms with Crippen LogP contribution in [0.15, 0.2) is 24.3 Å². The summed E-state index contributed by atoms with van der Waals surface area (Å²) in [5, 5.41) is 4.04. The molecule has 1 N–H and O–H groups in total. The minimum atomic E-state index is -2.90. The maximum Gasteiger partial charge on any atom is 0.151 e. The quantitative estimate of drug-likeness (QED) is 0.802. The number of benzene rings is 1. The average molecular weight is 304 g/mol. The lowest BCUT2D eigenvalue weighted by atomic mass is 10.0. The lowest BCUT2D eigenvalue weighted by Crippen LogP contribution is -2.28. The predicted octanol–water partition coefficient (Wildman–Crippen LogP) is 3.21. The Morgan fingerprint density at radius 3 is 2.37 bits per heavy atom. The van der Waals surface area contributed by atoms with Gasteiger partial charge >= 0.3 is 0 Å². The van der Waals surface area contributed by atoms with E-state index in [1.165, 1.54) is 0 Å². The fourth-order valence-corrected chi connectivity index (χ4v) is 2.75. The van der Waals surface area contributed by atoms with Crippen molar-refractivity contribution in [2.45, 2.75) is 32.7 Å². The van der Waals surface area contributed by atoms with Crippen LogP contribution < -0.4 is 5.32 Å². The minimum Gasteiger partial charge on any atom is -0.309 e. The molecular formula is C14H22ClNO2S. The molecule has 0 saturated carbocycles. The fraction of sp³-hybridized carbons (Fsp3) is 0.571. The standard InChI is InChI=1S/C14H22ClNO2S/c1-3-5-14(12-6-8-13(15)9-7-12)16-10-11-19(17,18)4-2/h6-9,14,16H,3-5,10-11H2,1-2H3. The molecule has 0 aliphatic rings. The molecule has 1 rings (SSSR count). The molecule has 0 saturated heterocycles. The Morgan fingerprint density at radius 2 is 1.84 bits per heavy atom. The second-order valence-corrected chi connectivity index (χ2v) is 7.49. The van der Waals surface area contributed by atoms with Gasteiger partial charge < -0.3 is 5.32 Å². The molecule has 0 bridgehead atoms. The second kappa shape index (κ2) is 7.88. The first-order chi connectivity index (χ1) is 8.98. The number of rotatable bonds is 8. The zero-order valence-corrected chi connectivity index (χ0v) is 13.1. The van der Waals surface area contributed by atoms with E-state index in [1.807, 2.05) is 24.3 Å². The first-order valence-electron chi connectivity index (χ1n) is 6.67. The summed E-state index contributed by atoms with van der Waals surface area (Å²) in [6, 6.07) is 7.90. The van der Waals surface area contributed by atoms with Gasteiger partial charge in [0.05, 0.1) is 5.75 Å². The van der Waals surface area contributed by atoms with Gasteiger partial charge in [-0.3, -0.25) is 0 Å². The molecule has 0 spiro atoms. The summed E-state index contributed by atoms with van der Waals surface area (Å²) in [7, 11) is -2.90. The second-order valence-electron chi connectivity index (χ2n) is 4.58. The van der Waals surface area contributed by atoms with Gasteiger partial charge in [0.25, 0.3) is 0 Å². The van der Waals surface area contributed by atoms with Crippen LogP contribution in [0.3, 0.4) is 0 Å². The molecule has 0 amide bonds. The van der Waals surface area contributed by atoms with Crippen molar-refractivity contribution >= 4 is 21.4 Å². The van der Waals surface area contributed by atoms with Crippen LogP contribution in [0.2, 0.25) is 5.02 Å². The van der Waals surface area contributed by atoms with E-state index in [1.54, 1.807) is 6.92 Å². The zero-order chi connectivity index (χ0) is 14.3. The molecule has 1 aromatic rings. The van der Waals surface area contributed by atoms with Gasteiger partial charge in [0, 0.05) is 23.4 Å². The van der Waals surface area contributed by atoms with E-state index in [0.29, 0.717) is 11.6 Å². The van der Waals surface area contributed by atoms with Gasteiger partial charge in [-0.1, -0.05) is 44.0 Å². The van der Waals surface area contributed by atoms with E-state index < -0.39 is 9.84 Å². The third-order valence-corrected chi connectivity index (χ3v) is 5.05. The summed E-state index contributed by atoms with van der Waals surface area (Å²) in [4.78, 5) is 0. The van der Waals surface area contributed by atoms with E-state index in [0.717, 1.165) is 18.4 Å². The number of hydrogen-bond acceptors (Lipinski definition) is 3. The summed E-state index contributed by atoms with van der Waals surface area (Å²) in [6.45, 7) is 4.29. The van der Waals surface area contributed by atoms with Gasteiger partial charge in [-0.15, -0.1) is 0 Å². The van der Waals surface area contributed by atoms with Crippen LogP contribution in [0.5, 0.6) is 0 Å². The van der Waals surface area contributed by atoms with Crippen molar-refractivity contribution in [1.29, 1.82) is 0 Å². The smallest absolute Gasteiger partial charge is 0.151 e. The van der Waals surface area contributed by atoms with E-state index >= 15 is 0 Å². The largest absolute Gasteiger partial charge is 0.309 e. The molecule has 0 fully saturated rings. The van der Waals surface area contributed by atoms with Gasteiger partial charge in [0.2, 0.25) is 0 Å². The number of hydrogen-bond donors (Lipinski definition) is 1. The number of nitrogens with one attached hydrogen (secondary N) is 1. The van der Waals surface area contributed by atoms with Crippen LogP contribution in [0.1, 0.15) is 38.3 Å². The highest BCUT2D eigenvalue weighted by atomic mass is 35.5. The maximum atomic E-state index is 11.5. The summed E-state index contributed by atoms with van der Waals surface area (Å²) in [6.07, 6.45) is 2.02. The van der Waals surface area contributed by atoms with Crippen molar-refractivity contribution in [2.24, 2.45) is 0 Å². The Hall–Kier alpha value is -0.580. The van der Waals surface area contributed by atoms with Crippen LogP contribution in [0.25, 0.3) is 0 Å². The highest BCUT2D eigenvalue weighted by Gasteiger charge is 2.12. The van der Waals surface area contributed by atoms with Gasteiger partial charge in [0.15, 0.2) is 9.84 Å². The van der Waals surface area contributed by atoms with Crippen molar-refractivity contribution in [3.63, 3.8) is 0 Å². The molecule has 108 valence electrons. The molecule has 0 aliphatic carbocycles. The Balaban J connectivity index is 2.61. The van der Waals surface area contributed by atoms with Gasteiger partial charge in [0.1, 0.15) is 0 Å².